The number of rotatable bonds is 4. The maximum atomic E-state index is 10.9. The second kappa shape index (κ2) is 5.34. The number of hydrogen-bond donors (Lipinski definition) is 3. The number of aryl methyl sites for hydroxylation is 1. The molecule has 0 atom stereocenters. The summed E-state index contributed by atoms with van der Waals surface area (Å²) in [6.07, 6.45) is 0. The van der Waals surface area contributed by atoms with Gasteiger partial charge in [0.1, 0.15) is 11.4 Å². The summed E-state index contributed by atoms with van der Waals surface area (Å²) in [4.78, 5) is 12.8. The van der Waals surface area contributed by atoms with Crippen molar-refractivity contribution >= 4 is 5.97 Å². The molecule has 0 amide bonds. The summed E-state index contributed by atoms with van der Waals surface area (Å²) < 4.78 is 0. The number of phenolic OH excluding ortho intramolecular Hbond substituents is 1. The molecule has 1 aromatic carbocycles. The number of aromatic hydroxyl groups is 1. The van der Waals surface area contributed by atoms with Crippen LogP contribution in [0.25, 0.3) is 11.3 Å². The highest BCUT2D eigenvalue weighted by atomic mass is 16.4. The van der Waals surface area contributed by atoms with Gasteiger partial charge in [0.05, 0.1) is 5.69 Å². The van der Waals surface area contributed by atoms with Crippen LogP contribution in [0.15, 0.2) is 18.2 Å². The molecule has 0 unspecified atom stereocenters. The fourth-order valence-electron chi connectivity index (χ4n) is 2.08. The number of phenols is 1. The van der Waals surface area contributed by atoms with E-state index in [1.165, 1.54) is 6.07 Å². The van der Waals surface area contributed by atoms with Crippen molar-refractivity contribution in [2.24, 2.45) is 0 Å². The van der Waals surface area contributed by atoms with E-state index in [9.17, 15) is 9.90 Å². The quantitative estimate of drug-likeness (QED) is 0.792. The molecule has 0 aliphatic carbocycles. The van der Waals surface area contributed by atoms with Crippen molar-refractivity contribution in [1.82, 2.24) is 15.1 Å². The van der Waals surface area contributed by atoms with Gasteiger partial charge in [-0.3, -0.25) is 5.10 Å². The fourth-order valence-corrected chi connectivity index (χ4v) is 2.08. The topological polar surface area (TPSA) is 89.5 Å². The minimum atomic E-state index is -1.08. The monoisotopic (exact) mass is 275 g/mol. The Labute approximate surface area is 116 Å². The van der Waals surface area contributed by atoms with Crippen molar-refractivity contribution in [2.45, 2.75) is 13.5 Å². The molecule has 1 heterocycles. The predicted molar refractivity (Wildman–Crippen MR) is 74.8 cm³/mol. The summed E-state index contributed by atoms with van der Waals surface area (Å²) in [5.41, 5.74) is 2.71. The second-order valence-corrected chi connectivity index (χ2v) is 5.03. The molecule has 0 saturated carbocycles. The summed E-state index contributed by atoms with van der Waals surface area (Å²) in [5.74, 6) is -0.947. The average molecular weight is 275 g/mol. The smallest absolute Gasteiger partial charge is 0.353 e. The zero-order chi connectivity index (χ0) is 14.9. The number of carboxylic acid groups (broad SMARTS) is 1. The fraction of sp³-hybridized carbons (Fsp3) is 0.286. The molecule has 6 heteroatoms. The molecule has 1 aromatic heterocycles. The molecule has 0 radical (unpaired) electrons. The van der Waals surface area contributed by atoms with E-state index in [2.05, 4.69) is 10.2 Å². The number of aromatic amines is 1. The number of nitrogens with one attached hydrogen (secondary N) is 1. The van der Waals surface area contributed by atoms with E-state index in [-0.39, 0.29) is 11.4 Å². The van der Waals surface area contributed by atoms with Crippen molar-refractivity contribution in [3.05, 3.63) is 35.0 Å². The molecule has 0 spiro atoms. The van der Waals surface area contributed by atoms with Gasteiger partial charge in [-0.05, 0) is 38.7 Å². The molecule has 3 N–H and O–H groups in total. The molecule has 0 aliphatic rings. The van der Waals surface area contributed by atoms with Gasteiger partial charge in [0.15, 0.2) is 0 Å². The second-order valence-electron chi connectivity index (χ2n) is 5.03. The van der Waals surface area contributed by atoms with Crippen LogP contribution in [0.1, 0.15) is 21.6 Å². The number of hydrogen-bond acceptors (Lipinski definition) is 4. The largest absolute Gasteiger partial charge is 0.507 e. The molecule has 0 saturated heterocycles. The van der Waals surface area contributed by atoms with Gasteiger partial charge in [0.2, 0.25) is 0 Å². The maximum Gasteiger partial charge on any atom is 0.353 e. The van der Waals surface area contributed by atoms with Gasteiger partial charge in [0.25, 0.3) is 0 Å². The number of carboxylic acids is 1. The zero-order valence-electron chi connectivity index (χ0n) is 11.6. The number of benzene rings is 1. The molecular weight excluding hydrogens is 258 g/mol. The number of nitrogens with zero attached hydrogens (tertiary/aromatic N) is 2. The van der Waals surface area contributed by atoms with Crippen LogP contribution in [0.5, 0.6) is 5.75 Å². The first-order chi connectivity index (χ1) is 9.38. The van der Waals surface area contributed by atoms with E-state index in [1.807, 2.05) is 32.0 Å². The van der Waals surface area contributed by atoms with Crippen molar-refractivity contribution in [3.8, 4) is 17.0 Å². The Morgan fingerprint density at radius 3 is 2.60 bits per heavy atom. The van der Waals surface area contributed by atoms with E-state index in [0.717, 1.165) is 11.1 Å². The van der Waals surface area contributed by atoms with Gasteiger partial charge >= 0.3 is 5.97 Å². The van der Waals surface area contributed by atoms with Gasteiger partial charge in [-0.1, -0.05) is 6.07 Å². The lowest BCUT2D eigenvalue weighted by molar-refractivity contribution is 0.0690. The first-order valence-electron chi connectivity index (χ1n) is 6.14. The minimum Gasteiger partial charge on any atom is -0.507 e. The van der Waals surface area contributed by atoms with Crippen LogP contribution in [0.4, 0.5) is 0 Å². The Morgan fingerprint density at radius 1 is 1.35 bits per heavy atom. The van der Waals surface area contributed by atoms with Crippen LogP contribution >= 0.6 is 0 Å². The predicted octanol–water partition coefficient (Wildman–Crippen LogP) is 1.85. The van der Waals surface area contributed by atoms with Gasteiger partial charge in [-0.25, -0.2) is 4.79 Å². The first kappa shape index (κ1) is 14.1. The summed E-state index contributed by atoms with van der Waals surface area (Å²) >= 11 is 0. The third kappa shape index (κ3) is 2.80. The summed E-state index contributed by atoms with van der Waals surface area (Å²) in [6, 6.07) is 5.11. The molecule has 6 nitrogen and oxygen atoms in total. The van der Waals surface area contributed by atoms with Crippen molar-refractivity contribution in [3.63, 3.8) is 0 Å². The van der Waals surface area contributed by atoms with E-state index in [0.29, 0.717) is 17.8 Å². The van der Waals surface area contributed by atoms with E-state index in [4.69, 9.17) is 5.11 Å². The molecular formula is C14H17N3O3. The number of H-pyrrole nitrogens is 1. The molecule has 2 rings (SSSR count). The van der Waals surface area contributed by atoms with Crippen LogP contribution in [0, 0.1) is 6.92 Å². The van der Waals surface area contributed by atoms with Gasteiger partial charge in [-0.15, -0.1) is 0 Å². The van der Waals surface area contributed by atoms with Gasteiger partial charge in [0, 0.05) is 17.7 Å². The highest BCUT2D eigenvalue weighted by Crippen LogP contribution is 2.33. The summed E-state index contributed by atoms with van der Waals surface area (Å²) in [7, 11) is 3.83. The third-order valence-corrected chi connectivity index (χ3v) is 2.90. The summed E-state index contributed by atoms with van der Waals surface area (Å²) in [6.45, 7) is 2.52. The van der Waals surface area contributed by atoms with Crippen LogP contribution in [0.2, 0.25) is 0 Å². The highest BCUT2D eigenvalue weighted by molar-refractivity contribution is 5.87. The van der Waals surface area contributed by atoms with Crippen molar-refractivity contribution < 1.29 is 15.0 Å². The van der Waals surface area contributed by atoms with Crippen molar-refractivity contribution in [1.29, 1.82) is 0 Å². The summed E-state index contributed by atoms with van der Waals surface area (Å²) in [5, 5.41) is 25.6. The van der Waals surface area contributed by atoms with E-state index in [1.54, 1.807) is 6.07 Å². The van der Waals surface area contributed by atoms with E-state index < -0.39 is 5.97 Å². The number of aromatic nitrogens is 2. The Bertz CT molecular complexity index is 647. The lowest BCUT2D eigenvalue weighted by Crippen LogP contribution is -2.11. The highest BCUT2D eigenvalue weighted by Gasteiger charge is 2.15. The normalized spacial score (nSPS) is 11.0. The van der Waals surface area contributed by atoms with Gasteiger partial charge in [-0.2, -0.15) is 5.10 Å². The van der Waals surface area contributed by atoms with Crippen LogP contribution in [-0.2, 0) is 6.54 Å². The van der Waals surface area contributed by atoms with Gasteiger partial charge < -0.3 is 15.1 Å². The molecule has 0 bridgehead atoms. The molecule has 2 aromatic rings. The number of carbonyl (C=O) groups is 1. The van der Waals surface area contributed by atoms with Crippen LogP contribution < -0.4 is 0 Å². The maximum absolute atomic E-state index is 10.9. The molecule has 106 valence electrons. The Morgan fingerprint density at radius 2 is 2.05 bits per heavy atom. The van der Waals surface area contributed by atoms with Crippen LogP contribution in [0.3, 0.4) is 0 Å². The molecule has 0 aliphatic heterocycles. The lowest BCUT2D eigenvalue weighted by atomic mass is 10.0. The van der Waals surface area contributed by atoms with E-state index >= 15 is 0 Å². The Hall–Kier alpha value is -2.34. The Kier molecular flexibility index (Phi) is 3.76. The molecule has 0 fully saturated rings. The Balaban J connectivity index is 2.49. The molecule has 20 heavy (non-hydrogen) atoms. The van der Waals surface area contributed by atoms with Crippen molar-refractivity contribution in [2.75, 3.05) is 14.1 Å². The SMILES string of the molecule is Cc1cc(CN(C)C)c(O)c(-c2cc(C(=O)O)[nH]n2)c1. The van der Waals surface area contributed by atoms with Crippen LogP contribution in [-0.4, -0.2) is 45.4 Å². The standard InChI is InChI=1S/C14H17N3O3/c1-8-4-9(7-17(2)3)13(18)10(5-8)11-6-12(14(19)20)16-15-11/h4-6,18H,7H2,1-3H3,(H,15,16)(H,19,20). The number of aromatic carboxylic acids is 1. The average Bonchev–Trinajstić information content (AvgIpc) is 2.82. The lowest BCUT2D eigenvalue weighted by Gasteiger charge is -2.14. The third-order valence-electron chi connectivity index (χ3n) is 2.90. The minimum absolute atomic E-state index is 0.00457. The first-order valence-corrected chi connectivity index (χ1v) is 6.14. The zero-order valence-corrected chi connectivity index (χ0v) is 11.6.